The van der Waals surface area contributed by atoms with E-state index in [2.05, 4.69) is 9.88 Å². The van der Waals surface area contributed by atoms with Crippen molar-refractivity contribution in [3.05, 3.63) is 22.2 Å². The molecule has 1 aromatic heterocycles. The molecule has 2 aliphatic rings. The van der Waals surface area contributed by atoms with Gasteiger partial charge in [0.25, 0.3) is 0 Å². The van der Waals surface area contributed by atoms with Crippen LogP contribution in [0, 0.1) is 6.92 Å². The van der Waals surface area contributed by atoms with Crippen molar-refractivity contribution >= 4 is 23.3 Å². The summed E-state index contributed by atoms with van der Waals surface area (Å²) in [6, 6.07) is 0.774. The highest BCUT2D eigenvalue weighted by Crippen LogP contribution is 2.24. The number of aryl methyl sites for hydroxylation is 1. The maximum Gasteiger partial charge on any atom is 0.246 e. The molecule has 0 spiro atoms. The molecule has 1 saturated heterocycles. The lowest BCUT2D eigenvalue weighted by Gasteiger charge is -2.37. The van der Waals surface area contributed by atoms with Crippen LogP contribution in [-0.4, -0.2) is 52.9 Å². The number of carbonyl (C=O) groups excluding carboxylic acids is 1. The lowest BCUT2D eigenvalue weighted by atomic mass is 10.2. The van der Waals surface area contributed by atoms with E-state index in [1.807, 2.05) is 23.3 Å². The average Bonchev–Trinajstić information content (AvgIpc) is 3.16. The Labute approximate surface area is 130 Å². The molecular weight excluding hydrogens is 282 g/mol. The van der Waals surface area contributed by atoms with E-state index in [-0.39, 0.29) is 5.91 Å². The lowest BCUT2D eigenvalue weighted by molar-refractivity contribution is -0.127. The number of hydrogen-bond donors (Lipinski definition) is 0. The maximum atomic E-state index is 12.2. The van der Waals surface area contributed by atoms with Gasteiger partial charge in [0, 0.05) is 43.7 Å². The number of carbonyl (C=O) groups is 1. The van der Waals surface area contributed by atoms with E-state index in [1.165, 1.54) is 25.7 Å². The van der Waals surface area contributed by atoms with Gasteiger partial charge in [-0.3, -0.25) is 9.69 Å². The molecule has 0 radical (unpaired) electrons. The molecule has 0 bridgehead atoms. The first-order valence-corrected chi connectivity index (χ1v) is 8.73. The van der Waals surface area contributed by atoms with Crippen molar-refractivity contribution < 1.29 is 4.79 Å². The molecule has 1 aliphatic carbocycles. The molecule has 114 valence electrons. The predicted molar refractivity (Wildman–Crippen MR) is 86.3 cm³/mol. The summed E-state index contributed by atoms with van der Waals surface area (Å²) in [6.45, 7) is 5.75. The molecule has 4 nitrogen and oxygen atoms in total. The summed E-state index contributed by atoms with van der Waals surface area (Å²) >= 11 is 1.61. The first-order valence-electron chi connectivity index (χ1n) is 7.85. The van der Waals surface area contributed by atoms with E-state index in [0.29, 0.717) is 0 Å². The molecule has 0 unspecified atom stereocenters. The molecule has 2 heterocycles. The molecule has 1 saturated carbocycles. The minimum Gasteiger partial charge on any atom is -0.337 e. The van der Waals surface area contributed by atoms with Crippen LogP contribution in [0.1, 0.15) is 36.4 Å². The van der Waals surface area contributed by atoms with E-state index >= 15 is 0 Å². The second-order valence-electron chi connectivity index (χ2n) is 5.92. The summed E-state index contributed by atoms with van der Waals surface area (Å²) in [5.41, 5.74) is 0.885. The van der Waals surface area contributed by atoms with Crippen LogP contribution in [0.5, 0.6) is 0 Å². The van der Waals surface area contributed by atoms with E-state index in [1.54, 1.807) is 17.4 Å². The molecule has 0 N–H and O–H groups in total. The predicted octanol–water partition coefficient (Wildman–Crippen LogP) is 2.55. The van der Waals surface area contributed by atoms with Crippen molar-refractivity contribution in [2.45, 2.75) is 38.6 Å². The topological polar surface area (TPSA) is 36.4 Å². The number of nitrogens with zero attached hydrogens (tertiary/aromatic N) is 3. The molecular formula is C16H23N3OS. The lowest BCUT2D eigenvalue weighted by Crippen LogP contribution is -2.51. The van der Waals surface area contributed by atoms with Gasteiger partial charge >= 0.3 is 0 Å². The fourth-order valence-corrected chi connectivity index (χ4v) is 3.88. The number of piperazine rings is 1. The van der Waals surface area contributed by atoms with Gasteiger partial charge in [-0.25, -0.2) is 4.98 Å². The molecule has 3 rings (SSSR count). The molecule has 1 aromatic rings. The van der Waals surface area contributed by atoms with Crippen molar-refractivity contribution in [3.63, 3.8) is 0 Å². The molecule has 0 aromatic carbocycles. The zero-order valence-corrected chi connectivity index (χ0v) is 13.4. The van der Waals surface area contributed by atoms with E-state index in [9.17, 15) is 4.79 Å². The third kappa shape index (κ3) is 3.71. The Morgan fingerprint density at radius 2 is 2.00 bits per heavy atom. The van der Waals surface area contributed by atoms with Crippen LogP contribution in [0.3, 0.4) is 0 Å². The van der Waals surface area contributed by atoms with Gasteiger partial charge in [0.15, 0.2) is 0 Å². The zero-order chi connectivity index (χ0) is 14.7. The van der Waals surface area contributed by atoms with Crippen molar-refractivity contribution in [1.82, 2.24) is 14.8 Å². The normalized spacial score (nSPS) is 21.5. The monoisotopic (exact) mass is 305 g/mol. The summed E-state index contributed by atoms with van der Waals surface area (Å²) < 4.78 is 0. The first-order chi connectivity index (χ1) is 10.2. The van der Waals surface area contributed by atoms with Gasteiger partial charge in [-0.2, -0.15) is 0 Å². The number of aromatic nitrogens is 1. The van der Waals surface area contributed by atoms with Crippen LogP contribution in [-0.2, 0) is 4.79 Å². The standard InChI is InChI=1S/C16H23N3OS/c1-13-17-14(12-21-13)6-7-16(20)19-10-8-18(9-11-19)15-4-2-3-5-15/h6-7,12,15H,2-5,8-11H2,1H3/b7-6+. The Morgan fingerprint density at radius 1 is 1.29 bits per heavy atom. The average molecular weight is 305 g/mol. The largest absolute Gasteiger partial charge is 0.337 e. The highest BCUT2D eigenvalue weighted by Gasteiger charge is 2.27. The molecule has 1 amide bonds. The second-order valence-corrected chi connectivity index (χ2v) is 6.99. The smallest absolute Gasteiger partial charge is 0.246 e. The number of hydrogen-bond acceptors (Lipinski definition) is 4. The minimum atomic E-state index is 0.117. The van der Waals surface area contributed by atoms with Crippen LogP contribution in [0.15, 0.2) is 11.5 Å². The first kappa shape index (κ1) is 14.7. The maximum absolute atomic E-state index is 12.2. The fourth-order valence-electron chi connectivity index (χ4n) is 3.30. The number of thiazole rings is 1. The van der Waals surface area contributed by atoms with E-state index in [4.69, 9.17) is 0 Å². The van der Waals surface area contributed by atoms with Crippen LogP contribution in [0.2, 0.25) is 0 Å². The summed E-state index contributed by atoms with van der Waals surface area (Å²) in [4.78, 5) is 21.1. The summed E-state index contributed by atoms with van der Waals surface area (Å²) in [6.07, 6.45) is 8.93. The van der Waals surface area contributed by atoms with Crippen molar-refractivity contribution in [2.75, 3.05) is 26.2 Å². The van der Waals surface area contributed by atoms with Crippen molar-refractivity contribution in [1.29, 1.82) is 0 Å². The highest BCUT2D eigenvalue weighted by atomic mass is 32.1. The van der Waals surface area contributed by atoms with Gasteiger partial charge in [-0.1, -0.05) is 12.8 Å². The fraction of sp³-hybridized carbons (Fsp3) is 0.625. The molecule has 5 heteroatoms. The summed E-state index contributed by atoms with van der Waals surface area (Å²) in [7, 11) is 0. The van der Waals surface area contributed by atoms with Crippen LogP contribution in [0.25, 0.3) is 6.08 Å². The summed E-state index contributed by atoms with van der Waals surface area (Å²) in [5, 5.41) is 3.02. The zero-order valence-electron chi connectivity index (χ0n) is 12.6. The van der Waals surface area contributed by atoms with Crippen LogP contribution >= 0.6 is 11.3 Å². The Kier molecular flexibility index (Phi) is 4.70. The quantitative estimate of drug-likeness (QED) is 0.805. The van der Waals surface area contributed by atoms with E-state index < -0.39 is 0 Å². The van der Waals surface area contributed by atoms with Gasteiger partial charge in [-0.15, -0.1) is 11.3 Å². The third-order valence-corrected chi connectivity index (χ3v) is 5.29. The summed E-state index contributed by atoms with van der Waals surface area (Å²) in [5.74, 6) is 0.117. The third-order valence-electron chi connectivity index (χ3n) is 4.50. The second kappa shape index (κ2) is 6.71. The van der Waals surface area contributed by atoms with Gasteiger partial charge in [-0.05, 0) is 25.8 Å². The Morgan fingerprint density at radius 3 is 2.62 bits per heavy atom. The van der Waals surface area contributed by atoms with Crippen LogP contribution in [0.4, 0.5) is 0 Å². The van der Waals surface area contributed by atoms with Gasteiger partial charge in [0.05, 0.1) is 10.7 Å². The number of amides is 1. The van der Waals surface area contributed by atoms with Gasteiger partial charge in [0.1, 0.15) is 0 Å². The molecule has 0 atom stereocenters. The number of rotatable bonds is 3. The Balaban J connectivity index is 1.49. The molecule has 2 fully saturated rings. The van der Waals surface area contributed by atoms with Crippen LogP contribution < -0.4 is 0 Å². The van der Waals surface area contributed by atoms with E-state index in [0.717, 1.165) is 42.9 Å². The molecule has 21 heavy (non-hydrogen) atoms. The Hall–Kier alpha value is -1.20. The highest BCUT2D eigenvalue weighted by molar-refractivity contribution is 7.09. The van der Waals surface area contributed by atoms with Gasteiger partial charge < -0.3 is 4.90 Å². The SMILES string of the molecule is Cc1nc(/C=C/C(=O)N2CCN(C3CCCC3)CC2)cs1. The Bertz CT molecular complexity index is 511. The van der Waals surface area contributed by atoms with Gasteiger partial charge in [0.2, 0.25) is 5.91 Å². The minimum absolute atomic E-state index is 0.117. The van der Waals surface area contributed by atoms with Crippen molar-refractivity contribution in [2.24, 2.45) is 0 Å². The molecule has 1 aliphatic heterocycles. The van der Waals surface area contributed by atoms with Crippen molar-refractivity contribution in [3.8, 4) is 0 Å².